The van der Waals surface area contributed by atoms with Gasteiger partial charge < -0.3 is 9.30 Å². The number of hydrogen-bond donors (Lipinski definition) is 0. The van der Waals surface area contributed by atoms with Gasteiger partial charge in [0.05, 0.1) is 22.9 Å². The van der Waals surface area contributed by atoms with Gasteiger partial charge in [0, 0.05) is 12.5 Å². The number of fused-ring (bicyclic) bond motifs is 1. The van der Waals surface area contributed by atoms with Crippen LogP contribution in [0.3, 0.4) is 0 Å². The van der Waals surface area contributed by atoms with E-state index in [1.807, 2.05) is 23.6 Å². The molecule has 1 amide bonds. The highest BCUT2D eigenvalue weighted by molar-refractivity contribution is 7.16. The van der Waals surface area contributed by atoms with Crippen LogP contribution in [0, 0.1) is 5.92 Å². The molecule has 5 nitrogen and oxygen atoms in total. The highest BCUT2D eigenvalue weighted by atomic mass is 32.1. The number of amides is 1. The van der Waals surface area contributed by atoms with Gasteiger partial charge in [-0.1, -0.05) is 30.6 Å². The summed E-state index contributed by atoms with van der Waals surface area (Å²) in [6.07, 6.45) is 5.36. The minimum atomic E-state index is -0.356. The van der Waals surface area contributed by atoms with E-state index in [0.717, 1.165) is 42.4 Å². The van der Waals surface area contributed by atoms with Crippen molar-refractivity contribution in [2.45, 2.75) is 45.6 Å². The Labute approximate surface area is 145 Å². The van der Waals surface area contributed by atoms with Crippen LogP contribution in [0.1, 0.15) is 49.4 Å². The molecular formula is C18H22N2O3S. The van der Waals surface area contributed by atoms with E-state index in [2.05, 4.69) is 4.99 Å². The lowest BCUT2D eigenvalue weighted by molar-refractivity contribution is -0.122. The first-order valence-electron chi connectivity index (χ1n) is 8.44. The number of nitrogens with zero attached hydrogens (tertiary/aromatic N) is 2. The first-order valence-corrected chi connectivity index (χ1v) is 9.26. The van der Waals surface area contributed by atoms with Crippen molar-refractivity contribution in [1.82, 2.24) is 4.57 Å². The molecular weight excluding hydrogens is 324 g/mol. The summed E-state index contributed by atoms with van der Waals surface area (Å²) in [5.74, 6) is -0.290. The molecule has 2 aromatic rings. The molecule has 3 rings (SSSR count). The van der Waals surface area contributed by atoms with Crippen LogP contribution in [-0.4, -0.2) is 23.6 Å². The molecule has 1 aliphatic carbocycles. The molecule has 6 heteroatoms. The van der Waals surface area contributed by atoms with Crippen molar-refractivity contribution in [3.63, 3.8) is 0 Å². The maximum atomic E-state index is 12.5. The minimum Gasteiger partial charge on any atom is -0.465 e. The van der Waals surface area contributed by atoms with Gasteiger partial charge in [0.2, 0.25) is 0 Å². The maximum absolute atomic E-state index is 12.5. The molecule has 1 heterocycles. The third kappa shape index (κ3) is 3.29. The monoisotopic (exact) mass is 346 g/mol. The third-order valence-electron chi connectivity index (χ3n) is 4.58. The summed E-state index contributed by atoms with van der Waals surface area (Å²) >= 11 is 1.45. The van der Waals surface area contributed by atoms with Crippen molar-refractivity contribution in [3.05, 3.63) is 28.6 Å². The predicted molar refractivity (Wildman–Crippen MR) is 94.0 cm³/mol. The molecule has 24 heavy (non-hydrogen) atoms. The van der Waals surface area contributed by atoms with Crippen LogP contribution < -0.4 is 4.80 Å². The lowest BCUT2D eigenvalue weighted by atomic mass is 9.89. The van der Waals surface area contributed by atoms with Gasteiger partial charge in [-0.25, -0.2) is 4.79 Å². The molecule has 1 aliphatic rings. The number of ether oxygens (including phenoxy) is 1. The molecule has 0 spiro atoms. The number of aryl methyl sites for hydroxylation is 1. The van der Waals surface area contributed by atoms with Gasteiger partial charge in [-0.2, -0.15) is 4.99 Å². The van der Waals surface area contributed by atoms with E-state index >= 15 is 0 Å². The number of hydrogen-bond acceptors (Lipinski definition) is 4. The highest BCUT2D eigenvalue weighted by Crippen LogP contribution is 2.25. The molecule has 0 atom stereocenters. The van der Waals surface area contributed by atoms with E-state index < -0.39 is 0 Å². The topological polar surface area (TPSA) is 60.7 Å². The summed E-state index contributed by atoms with van der Waals surface area (Å²) in [6, 6.07) is 5.45. The summed E-state index contributed by atoms with van der Waals surface area (Å²) in [6.45, 7) is 2.76. The molecule has 0 bridgehead atoms. The standard InChI is InChI=1S/C18H22N2O3S/c1-3-20-14-10-9-13(17(22)23-2)11-15(14)24-18(20)19-16(21)12-7-5-4-6-8-12/h9-12H,3-8H2,1-2H3. The van der Waals surface area contributed by atoms with Gasteiger partial charge in [-0.3, -0.25) is 4.79 Å². The average Bonchev–Trinajstić information content (AvgIpc) is 2.97. The fraction of sp³-hybridized carbons (Fsp3) is 0.500. The van der Waals surface area contributed by atoms with Gasteiger partial charge in [-0.15, -0.1) is 0 Å². The maximum Gasteiger partial charge on any atom is 0.337 e. The fourth-order valence-electron chi connectivity index (χ4n) is 3.24. The molecule has 0 unspecified atom stereocenters. The Morgan fingerprint density at radius 3 is 2.71 bits per heavy atom. The van der Waals surface area contributed by atoms with Crippen molar-refractivity contribution in [1.29, 1.82) is 0 Å². The van der Waals surface area contributed by atoms with Crippen LogP contribution >= 0.6 is 11.3 Å². The summed E-state index contributed by atoms with van der Waals surface area (Å²) < 4.78 is 7.74. The number of aromatic nitrogens is 1. The lowest BCUT2D eigenvalue weighted by Gasteiger charge is -2.17. The van der Waals surface area contributed by atoms with Gasteiger partial charge in [-0.05, 0) is 38.0 Å². The predicted octanol–water partition coefficient (Wildman–Crippen LogP) is 3.52. The highest BCUT2D eigenvalue weighted by Gasteiger charge is 2.21. The van der Waals surface area contributed by atoms with Crippen LogP contribution in [0.15, 0.2) is 23.2 Å². The van der Waals surface area contributed by atoms with Crippen molar-refractivity contribution in [2.75, 3.05) is 7.11 Å². The number of carbonyl (C=O) groups excluding carboxylic acids is 2. The zero-order valence-electron chi connectivity index (χ0n) is 14.1. The first-order chi connectivity index (χ1) is 11.6. The Balaban J connectivity index is 2.01. The van der Waals surface area contributed by atoms with E-state index in [1.165, 1.54) is 24.9 Å². The van der Waals surface area contributed by atoms with Crippen LogP contribution in [0.2, 0.25) is 0 Å². The number of rotatable bonds is 3. The van der Waals surface area contributed by atoms with Crippen LogP contribution in [0.4, 0.5) is 0 Å². The van der Waals surface area contributed by atoms with Gasteiger partial charge in [0.25, 0.3) is 5.91 Å². The molecule has 128 valence electrons. The van der Waals surface area contributed by atoms with Crippen molar-refractivity contribution in [3.8, 4) is 0 Å². The van der Waals surface area contributed by atoms with Crippen molar-refractivity contribution >= 4 is 33.4 Å². The second kappa shape index (κ2) is 7.30. The molecule has 0 radical (unpaired) electrons. The second-order valence-electron chi connectivity index (χ2n) is 6.09. The van der Waals surface area contributed by atoms with E-state index in [-0.39, 0.29) is 17.8 Å². The van der Waals surface area contributed by atoms with Crippen LogP contribution in [0.5, 0.6) is 0 Å². The van der Waals surface area contributed by atoms with E-state index in [4.69, 9.17) is 4.74 Å². The first kappa shape index (κ1) is 16.9. The van der Waals surface area contributed by atoms with Gasteiger partial charge in [0.1, 0.15) is 0 Å². The Morgan fingerprint density at radius 2 is 2.04 bits per heavy atom. The average molecular weight is 346 g/mol. The summed E-state index contributed by atoms with van der Waals surface area (Å²) in [4.78, 5) is 29.3. The number of benzene rings is 1. The van der Waals surface area contributed by atoms with E-state index in [9.17, 15) is 9.59 Å². The number of carbonyl (C=O) groups is 2. The molecule has 0 aliphatic heterocycles. The van der Waals surface area contributed by atoms with Crippen molar-refractivity contribution in [2.24, 2.45) is 10.9 Å². The molecule has 0 N–H and O–H groups in total. The normalized spacial score (nSPS) is 16.5. The summed E-state index contributed by atoms with van der Waals surface area (Å²) in [5.41, 5.74) is 1.50. The third-order valence-corrected chi connectivity index (χ3v) is 5.62. The summed E-state index contributed by atoms with van der Waals surface area (Å²) in [7, 11) is 1.37. The SMILES string of the molecule is CCn1c(=NC(=O)C2CCCCC2)sc2cc(C(=O)OC)ccc21. The number of esters is 1. The fourth-order valence-corrected chi connectivity index (χ4v) is 4.38. The molecule has 1 saturated carbocycles. The molecule has 1 aromatic carbocycles. The summed E-state index contributed by atoms with van der Waals surface area (Å²) in [5, 5.41) is 0. The number of methoxy groups -OCH3 is 1. The Bertz CT molecular complexity index is 828. The minimum absolute atomic E-state index is 0.00310. The van der Waals surface area contributed by atoms with Crippen LogP contribution in [-0.2, 0) is 16.1 Å². The quantitative estimate of drug-likeness (QED) is 0.799. The van der Waals surface area contributed by atoms with Crippen LogP contribution in [0.25, 0.3) is 10.2 Å². The van der Waals surface area contributed by atoms with Gasteiger partial charge in [0.15, 0.2) is 4.80 Å². The molecule has 1 aromatic heterocycles. The van der Waals surface area contributed by atoms with E-state index in [1.54, 1.807) is 6.07 Å². The smallest absolute Gasteiger partial charge is 0.337 e. The molecule has 0 saturated heterocycles. The Hall–Kier alpha value is -1.95. The zero-order valence-corrected chi connectivity index (χ0v) is 14.9. The Morgan fingerprint density at radius 1 is 1.29 bits per heavy atom. The van der Waals surface area contributed by atoms with E-state index in [0.29, 0.717) is 10.4 Å². The van der Waals surface area contributed by atoms with Gasteiger partial charge >= 0.3 is 5.97 Å². The lowest BCUT2D eigenvalue weighted by Crippen LogP contribution is -2.21. The Kier molecular flexibility index (Phi) is 5.14. The number of thiazole rings is 1. The zero-order chi connectivity index (χ0) is 17.1. The largest absolute Gasteiger partial charge is 0.465 e. The second-order valence-corrected chi connectivity index (χ2v) is 7.10. The molecule has 1 fully saturated rings. The van der Waals surface area contributed by atoms with Crippen molar-refractivity contribution < 1.29 is 14.3 Å².